The molecule has 15 heavy (non-hydrogen) atoms. The first kappa shape index (κ1) is 10.1. The maximum Gasteiger partial charge on any atom is 0.348 e. The second-order valence-electron chi connectivity index (χ2n) is 2.93. The minimum Gasteiger partial charge on any atom is -0.388 e. The van der Waals surface area contributed by atoms with E-state index in [9.17, 15) is 4.79 Å². The molecule has 1 heterocycles. The number of halogens is 1. The van der Waals surface area contributed by atoms with Gasteiger partial charge in [0.15, 0.2) is 5.82 Å². The van der Waals surface area contributed by atoms with E-state index in [1.165, 1.54) is 4.68 Å². The molecule has 0 radical (unpaired) electrons. The minimum absolute atomic E-state index is 0.250. The summed E-state index contributed by atoms with van der Waals surface area (Å²) in [6.07, 6.45) is 0. The van der Waals surface area contributed by atoms with Crippen molar-refractivity contribution in [2.45, 2.75) is 6.61 Å². The van der Waals surface area contributed by atoms with Gasteiger partial charge in [-0.05, 0) is 18.2 Å². The van der Waals surface area contributed by atoms with Crippen LogP contribution < -0.4 is 5.69 Å². The van der Waals surface area contributed by atoms with E-state index in [0.717, 1.165) is 4.47 Å². The molecule has 0 amide bonds. The lowest BCUT2D eigenvalue weighted by molar-refractivity contribution is 0.271. The average molecular weight is 270 g/mol. The zero-order chi connectivity index (χ0) is 10.8. The van der Waals surface area contributed by atoms with Crippen LogP contribution in [0.15, 0.2) is 33.5 Å². The van der Waals surface area contributed by atoms with Gasteiger partial charge < -0.3 is 5.11 Å². The fraction of sp³-hybridized carbons (Fsp3) is 0.111. The minimum atomic E-state index is -0.364. The maximum atomic E-state index is 11.4. The smallest absolute Gasteiger partial charge is 0.348 e. The fourth-order valence-electron chi connectivity index (χ4n) is 1.22. The molecule has 0 aliphatic heterocycles. The second-order valence-corrected chi connectivity index (χ2v) is 3.84. The van der Waals surface area contributed by atoms with E-state index in [-0.39, 0.29) is 18.1 Å². The van der Waals surface area contributed by atoms with Gasteiger partial charge in [-0.25, -0.2) is 4.79 Å². The largest absolute Gasteiger partial charge is 0.388 e. The van der Waals surface area contributed by atoms with E-state index in [1.54, 1.807) is 18.2 Å². The lowest BCUT2D eigenvalue weighted by atomic mass is 10.3. The molecule has 5 nitrogen and oxygen atoms in total. The summed E-state index contributed by atoms with van der Waals surface area (Å²) in [4.78, 5) is 13.9. The van der Waals surface area contributed by atoms with Crippen LogP contribution in [0, 0.1) is 0 Å². The highest BCUT2D eigenvalue weighted by atomic mass is 79.9. The Balaban J connectivity index is 2.54. The molecule has 0 atom stereocenters. The van der Waals surface area contributed by atoms with Gasteiger partial charge in [0, 0.05) is 4.47 Å². The third-order valence-electron chi connectivity index (χ3n) is 1.87. The molecule has 1 aromatic carbocycles. The zero-order valence-electron chi connectivity index (χ0n) is 7.64. The summed E-state index contributed by atoms with van der Waals surface area (Å²) in [6, 6.07) is 7.19. The van der Waals surface area contributed by atoms with Crippen LogP contribution in [-0.2, 0) is 6.61 Å². The summed E-state index contributed by atoms with van der Waals surface area (Å²) in [5, 5.41) is 12.7. The maximum absolute atomic E-state index is 11.4. The Hall–Kier alpha value is -1.40. The van der Waals surface area contributed by atoms with Crippen molar-refractivity contribution in [1.29, 1.82) is 0 Å². The third kappa shape index (κ3) is 2.00. The number of H-pyrrole nitrogens is 1. The van der Waals surface area contributed by atoms with Gasteiger partial charge in [0.2, 0.25) is 0 Å². The summed E-state index contributed by atoms with van der Waals surface area (Å²) < 4.78 is 2.07. The van der Waals surface area contributed by atoms with E-state index >= 15 is 0 Å². The highest BCUT2D eigenvalue weighted by molar-refractivity contribution is 9.10. The summed E-state index contributed by atoms with van der Waals surface area (Å²) in [7, 11) is 0. The number of aliphatic hydroxyl groups excluding tert-OH is 1. The summed E-state index contributed by atoms with van der Waals surface area (Å²) >= 11 is 3.31. The summed E-state index contributed by atoms with van der Waals surface area (Å²) in [6.45, 7) is -0.282. The van der Waals surface area contributed by atoms with Crippen molar-refractivity contribution >= 4 is 15.9 Å². The number of nitrogens with one attached hydrogen (secondary N) is 1. The predicted octanol–water partition coefficient (Wildman–Crippen LogP) is 0.815. The number of hydrogen-bond acceptors (Lipinski definition) is 3. The fourth-order valence-corrected chi connectivity index (χ4v) is 1.61. The highest BCUT2D eigenvalue weighted by Crippen LogP contribution is 2.13. The van der Waals surface area contributed by atoms with Crippen LogP contribution in [0.25, 0.3) is 5.69 Å². The summed E-state index contributed by atoms with van der Waals surface area (Å²) in [5.74, 6) is 0.250. The quantitative estimate of drug-likeness (QED) is 0.848. The Morgan fingerprint density at radius 3 is 2.93 bits per heavy atom. The van der Waals surface area contributed by atoms with E-state index in [4.69, 9.17) is 5.11 Å². The lowest BCUT2D eigenvalue weighted by Crippen LogP contribution is -2.15. The molecule has 0 saturated heterocycles. The van der Waals surface area contributed by atoms with E-state index < -0.39 is 0 Å². The Bertz CT molecular complexity index is 532. The number of benzene rings is 1. The SMILES string of the molecule is O=c1[nH]c(CO)nn1-c1cccc(Br)c1. The predicted molar refractivity (Wildman–Crippen MR) is 57.8 cm³/mol. The van der Waals surface area contributed by atoms with Crippen molar-refractivity contribution in [2.75, 3.05) is 0 Å². The molecular weight excluding hydrogens is 262 g/mol. The molecule has 2 rings (SSSR count). The van der Waals surface area contributed by atoms with Gasteiger partial charge in [-0.2, -0.15) is 4.68 Å². The topological polar surface area (TPSA) is 70.9 Å². The Labute approximate surface area is 93.5 Å². The first-order valence-electron chi connectivity index (χ1n) is 4.26. The van der Waals surface area contributed by atoms with Gasteiger partial charge in [-0.3, -0.25) is 4.98 Å². The number of nitrogens with zero attached hydrogens (tertiary/aromatic N) is 2. The van der Waals surface area contributed by atoms with Crippen molar-refractivity contribution in [3.8, 4) is 5.69 Å². The van der Waals surface area contributed by atoms with Crippen molar-refractivity contribution in [1.82, 2.24) is 14.8 Å². The number of aliphatic hydroxyl groups is 1. The second kappa shape index (κ2) is 4.00. The molecule has 0 aliphatic carbocycles. The van der Waals surface area contributed by atoms with Crippen molar-refractivity contribution in [3.05, 3.63) is 45.0 Å². The van der Waals surface area contributed by atoms with Gasteiger partial charge in [-0.15, -0.1) is 5.10 Å². The van der Waals surface area contributed by atoms with Crippen molar-refractivity contribution < 1.29 is 5.11 Å². The molecule has 0 spiro atoms. The first-order chi connectivity index (χ1) is 7.20. The molecule has 1 aromatic heterocycles. The van der Waals surface area contributed by atoms with Crippen LogP contribution in [0.3, 0.4) is 0 Å². The van der Waals surface area contributed by atoms with Crippen molar-refractivity contribution in [2.24, 2.45) is 0 Å². The number of aromatic amines is 1. The van der Waals surface area contributed by atoms with Gasteiger partial charge >= 0.3 is 5.69 Å². The zero-order valence-corrected chi connectivity index (χ0v) is 9.23. The van der Waals surface area contributed by atoms with Crippen molar-refractivity contribution in [3.63, 3.8) is 0 Å². The monoisotopic (exact) mass is 269 g/mol. The number of hydrogen-bond donors (Lipinski definition) is 2. The molecule has 2 N–H and O–H groups in total. The van der Waals surface area contributed by atoms with Crippen LogP contribution in [-0.4, -0.2) is 19.9 Å². The van der Waals surface area contributed by atoms with E-state index in [2.05, 4.69) is 26.0 Å². The molecule has 0 unspecified atom stereocenters. The Morgan fingerprint density at radius 2 is 2.33 bits per heavy atom. The van der Waals surface area contributed by atoms with E-state index in [1.807, 2.05) is 6.07 Å². The molecule has 0 fully saturated rings. The van der Waals surface area contributed by atoms with Crippen LogP contribution in [0.5, 0.6) is 0 Å². The molecule has 0 bridgehead atoms. The Kier molecular flexibility index (Phi) is 2.70. The lowest BCUT2D eigenvalue weighted by Gasteiger charge is -1.98. The van der Waals surface area contributed by atoms with E-state index in [0.29, 0.717) is 5.69 Å². The van der Waals surface area contributed by atoms with Gasteiger partial charge in [0.25, 0.3) is 0 Å². The normalized spacial score (nSPS) is 10.5. The van der Waals surface area contributed by atoms with Gasteiger partial charge in [0.05, 0.1) is 5.69 Å². The summed E-state index contributed by atoms with van der Waals surface area (Å²) in [5.41, 5.74) is 0.280. The standard InChI is InChI=1S/C9H8BrN3O2/c10-6-2-1-3-7(4-6)13-9(15)11-8(5-14)12-13/h1-4,14H,5H2,(H,11,12,15). The molecule has 2 aromatic rings. The molecule has 78 valence electrons. The van der Waals surface area contributed by atoms with Gasteiger partial charge in [0.1, 0.15) is 6.61 Å². The van der Waals surface area contributed by atoms with Crippen LogP contribution in [0.1, 0.15) is 5.82 Å². The Morgan fingerprint density at radius 1 is 1.53 bits per heavy atom. The van der Waals surface area contributed by atoms with Gasteiger partial charge in [-0.1, -0.05) is 22.0 Å². The molecule has 0 aliphatic rings. The van der Waals surface area contributed by atoms with Crippen LogP contribution in [0.2, 0.25) is 0 Å². The molecular formula is C9H8BrN3O2. The van der Waals surface area contributed by atoms with Crippen LogP contribution in [0.4, 0.5) is 0 Å². The number of aromatic nitrogens is 3. The van der Waals surface area contributed by atoms with Crippen LogP contribution >= 0.6 is 15.9 Å². The molecule has 6 heteroatoms. The highest BCUT2D eigenvalue weighted by Gasteiger charge is 2.05. The third-order valence-corrected chi connectivity index (χ3v) is 2.36. The number of rotatable bonds is 2. The average Bonchev–Trinajstić information content (AvgIpc) is 2.60. The molecule has 0 saturated carbocycles. The first-order valence-corrected chi connectivity index (χ1v) is 5.05.